The molecule has 11 heteroatoms. The van der Waals surface area contributed by atoms with Crippen LogP contribution in [0.25, 0.3) is 0 Å². The van der Waals surface area contributed by atoms with E-state index in [4.69, 9.17) is 4.74 Å². The predicted octanol–water partition coefficient (Wildman–Crippen LogP) is 7.10. The zero-order chi connectivity index (χ0) is 40.2. The highest BCUT2D eigenvalue weighted by atomic mass is 16.8. The molecule has 0 radical (unpaired) electrons. The van der Waals surface area contributed by atoms with Gasteiger partial charge in [-0.2, -0.15) is 10.5 Å². The zero-order valence-electron chi connectivity index (χ0n) is 33.2. The number of carbonyl (C=O) groups excluding carboxylic acids is 4. The molecule has 0 aliphatic heterocycles. The van der Waals surface area contributed by atoms with E-state index in [0.29, 0.717) is 19.3 Å². The first-order valence-corrected chi connectivity index (χ1v) is 18.3. The Labute approximate surface area is 313 Å². The number of nitrogens with one attached hydrogen (secondary N) is 2. The van der Waals surface area contributed by atoms with Crippen molar-refractivity contribution < 1.29 is 44.8 Å². The van der Waals surface area contributed by atoms with Crippen molar-refractivity contribution in [2.75, 3.05) is 0 Å². The van der Waals surface area contributed by atoms with E-state index in [1.54, 1.807) is 19.9 Å². The van der Waals surface area contributed by atoms with Crippen LogP contribution in [-0.2, 0) is 19.1 Å². The van der Waals surface area contributed by atoms with E-state index in [1.165, 1.54) is 0 Å². The number of esters is 1. The SMILES string of the molecule is CC(C)=CCCC1(C)C(CC=C(C)C)CC2(CC=C(C)C)C(=O)C(CC=C(C)C)=C(OC(=O)c3cc([NH+]([O-])O)cc([NH+]([O-])O)c3)C1(C(=O)C(C)C)C2=O. The standard InChI is InChI=1S/C42H58N2O9/c1-25(2)13-12-19-40(11)31(16-14-26(3)4)24-41(20-18-28(7)8)36(46)34(17-15-27(5)6)37(42(40,39(41)48)35(45)29(9)10)53-38(47)30-21-32(43(49)50)23-33(22-30)44(51)52/h13-15,18,21-23,29,31,43-44,49,51H,12,16-17,19-20,24H2,1-11H3. The van der Waals surface area contributed by atoms with Crippen LogP contribution < -0.4 is 10.5 Å². The third kappa shape index (κ3) is 8.61. The van der Waals surface area contributed by atoms with Crippen molar-refractivity contribution >= 4 is 34.7 Å². The summed E-state index contributed by atoms with van der Waals surface area (Å²) in [6.07, 6.45) is 9.32. The molecule has 53 heavy (non-hydrogen) atoms. The smallest absolute Gasteiger partial charge is 0.343 e. The highest BCUT2D eigenvalue weighted by molar-refractivity contribution is 6.28. The average Bonchev–Trinajstić information content (AvgIpc) is 3.06. The van der Waals surface area contributed by atoms with E-state index >= 15 is 14.4 Å². The van der Waals surface area contributed by atoms with Gasteiger partial charge in [-0.3, -0.25) is 14.4 Å². The number of hydrogen-bond donors (Lipinski definition) is 4. The van der Waals surface area contributed by atoms with Gasteiger partial charge in [0.25, 0.3) is 0 Å². The molecular formula is C42H58N2O9. The van der Waals surface area contributed by atoms with Crippen molar-refractivity contribution in [3.63, 3.8) is 0 Å². The van der Waals surface area contributed by atoms with Gasteiger partial charge in [0.1, 0.15) is 5.76 Å². The monoisotopic (exact) mass is 734 g/mol. The Balaban J connectivity index is 2.63. The summed E-state index contributed by atoms with van der Waals surface area (Å²) in [5, 5.41) is 40.6. The first-order chi connectivity index (χ1) is 24.6. The van der Waals surface area contributed by atoms with Crippen LogP contribution in [0.4, 0.5) is 11.4 Å². The topological polar surface area (TPSA) is 173 Å². The summed E-state index contributed by atoms with van der Waals surface area (Å²) in [4.78, 5) is 60.7. The molecule has 0 spiro atoms. The molecule has 0 amide bonds. The Morgan fingerprint density at radius 1 is 0.868 bits per heavy atom. The van der Waals surface area contributed by atoms with Gasteiger partial charge >= 0.3 is 5.97 Å². The molecule has 0 saturated heterocycles. The van der Waals surface area contributed by atoms with Gasteiger partial charge in [0.15, 0.2) is 34.1 Å². The first-order valence-electron chi connectivity index (χ1n) is 18.3. The Bertz CT molecular complexity index is 1740. The molecule has 0 heterocycles. The molecule has 2 aliphatic rings. The molecule has 0 aromatic heterocycles. The minimum Gasteiger partial charge on any atom is -0.595 e. The number of quaternary nitrogens is 2. The van der Waals surface area contributed by atoms with Crippen LogP contribution >= 0.6 is 0 Å². The highest BCUT2D eigenvalue weighted by Crippen LogP contribution is 2.68. The summed E-state index contributed by atoms with van der Waals surface area (Å²) in [5.41, 5.74) is -2.35. The molecule has 1 aromatic carbocycles. The molecule has 6 atom stereocenters. The molecule has 4 N–H and O–H groups in total. The minimum absolute atomic E-state index is 0.0288. The number of benzene rings is 1. The summed E-state index contributed by atoms with van der Waals surface area (Å²) < 4.78 is 6.28. The van der Waals surface area contributed by atoms with Crippen LogP contribution in [0.15, 0.2) is 76.1 Å². The fraction of sp³-hybridized carbons (Fsp3) is 0.524. The lowest BCUT2D eigenvalue weighted by Gasteiger charge is -2.61. The lowest BCUT2D eigenvalue weighted by molar-refractivity contribution is -0.996. The number of carbonyl (C=O) groups is 4. The van der Waals surface area contributed by atoms with Gasteiger partial charge in [0.05, 0.1) is 17.0 Å². The fourth-order valence-electron chi connectivity index (χ4n) is 7.97. The second-order valence-electron chi connectivity index (χ2n) is 16.2. The number of Topliss-reactive ketones (excluding diaryl/α,β-unsaturated/α-hetero) is 3. The maximum absolute atomic E-state index is 15.8. The van der Waals surface area contributed by atoms with E-state index in [-0.39, 0.29) is 36.5 Å². The number of ether oxygens (including phenoxy) is 1. The van der Waals surface area contributed by atoms with Crippen molar-refractivity contribution in [3.8, 4) is 0 Å². The highest BCUT2D eigenvalue weighted by Gasteiger charge is 2.76. The second-order valence-corrected chi connectivity index (χ2v) is 16.2. The molecule has 1 aromatic rings. The molecule has 3 rings (SSSR count). The number of allylic oxidation sites excluding steroid dienone is 10. The van der Waals surface area contributed by atoms with Crippen molar-refractivity contribution in [3.05, 3.63) is 92.1 Å². The van der Waals surface area contributed by atoms with Crippen molar-refractivity contribution in [2.45, 2.75) is 115 Å². The van der Waals surface area contributed by atoms with Crippen LogP contribution in [0, 0.1) is 38.5 Å². The Kier molecular flexibility index (Phi) is 14.0. The quantitative estimate of drug-likeness (QED) is 0.0635. The average molecular weight is 735 g/mol. The Hall–Kier alpha value is -3.84. The summed E-state index contributed by atoms with van der Waals surface area (Å²) in [6, 6.07) is 2.90. The molecule has 6 unspecified atom stereocenters. The Morgan fingerprint density at radius 2 is 1.40 bits per heavy atom. The van der Waals surface area contributed by atoms with E-state index in [9.17, 15) is 25.6 Å². The summed E-state index contributed by atoms with van der Waals surface area (Å²) >= 11 is 0. The first kappa shape index (κ1) is 43.6. The number of rotatable bonds is 15. The maximum atomic E-state index is 15.8. The lowest BCUT2D eigenvalue weighted by Crippen LogP contribution is -3.00. The number of fused-ring (bicyclic) bond motifs is 2. The summed E-state index contributed by atoms with van der Waals surface area (Å²) in [7, 11) is 0. The minimum atomic E-state index is -2.10. The maximum Gasteiger partial charge on any atom is 0.343 e. The van der Waals surface area contributed by atoms with E-state index in [1.807, 2.05) is 74.5 Å². The normalized spacial score (nSPS) is 25.0. The van der Waals surface area contributed by atoms with E-state index in [0.717, 1.165) is 40.5 Å². The molecule has 290 valence electrons. The third-order valence-electron chi connectivity index (χ3n) is 10.8. The zero-order valence-corrected chi connectivity index (χ0v) is 33.2. The van der Waals surface area contributed by atoms with E-state index < -0.39 is 72.9 Å². The molecule has 2 bridgehead atoms. The molecule has 1 fully saturated rings. The summed E-state index contributed by atoms with van der Waals surface area (Å²) in [6.45, 7) is 20.6. The van der Waals surface area contributed by atoms with Crippen molar-refractivity contribution in [1.82, 2.24) is 0 Å². The van der Waals surface area contributed by atoms with Gasteiger partial charge in [-0.05, 0) is 105 Å². The molecule has 2 aliphatic carbocycles. The molecular weight excluding hydrogens is 676 g/mol. The lowest BCUT2D eigenvalue weighted by atomic mass is 9.38. The second kappa shape index (κ2) is 17.1. The number of hydrogen-bond acceptors (Lipinski definition) is 9. The van der Waals surface area contributed by atoms with Crippen LogP contribution in [0.1, 0.15) is 125 Å². The van der Waals surface area contributed by atoms with E-state index in [2.05, 4.69) is 6.08 Å². The fourth-order valence-corrected chi connectivity index (χ4v) is 7.97. The largest absolute Gasteiger partial charge is 0.595 e. The number of ketones is 3. The van der Waals surface area contributed by atoms with Gasteiger partial charge in [0, 0.05) is 23.6 Å². The Morgan fingerprint density at radius 3 is 1.87 bits per heavy atom. The van der Waals surface area contributed by atoms with Crippen molar-refractivity contribution in [1.29, 1.82) is 0 Å². The van der Waals surface area contributed by atoms with Gasteiger partial charge in [-0.15, -0.1) is 0 Å². The van der Waals surface area contributed by atoms with Gasteiger partial charge in [-0.1, -0.05) is 67.4 Å². The van der Waals surface area contributed by atoms with Gasteiger partial charge in [-0.25, -0.2) is 15.2 Å². The van der Waals surface area contributed by atoms with Crippen LogP contribution in [0.5, 0.6) is 0 Å². The van der Waals surface area contributed by atoms with Gasteiger partial charge in [0.2, 0.25) is 0 Å². The van der Waals surface area contributed by atoms with Crippen molar-refractivity contribution in [2.24, 2.45) is 28.1 Å². The predicted molar refractivity (Wildman–Crippen MR) is 202 cm³/mol. The van der Waals surface area contributed by atoms with Crippen LogP contribution in [-0.4, -0.2) is 33.7 Å². The molecule has 1 saturated carbocycles. The summed E-state index contributed by atoms with van der Waals surface area (Å²) in [5.74, 6) is -4.19. The molecule has 11 nitrogen and oxygen atoms in total. The van der Waals surface area contributed by atoms with Crippen LogP contribution in [0.2, 0.25) is 0 Å². The van der Waals surface area contributed by atoms with Crippen LogP contribution in [0.3, 0.4) is 0 Å². The third-order valence-corrected chi connectivity index (χ3v) is 10.8. The van der Waals surface area contributed by atoms with Gasteiger partial charge < -0.3 is 15.2 Å².